The molecular formula is C10H11ClFN. The first-order chi connectivity index (χ1) is 6.22. The molecule has 1 N–H and O–H groups in total. The molecular weight excluding hydrogens is 189 g/mol. The Balaban J connectivity index is 2.77. The minimum atomic E-state index is -0.309. The summed E-state index contributed by atoms with van der Waals surface area (Å²) < 4.78 is 12.8. The minimum Gasteiger partial charge on any atom is -0.316 e. The summed E-state index contributed by atoms with van der Waals surface area (Å²) >= 11 is 5.67. The van der Waals surface area contributed by atoms with Crippen LogP contribution >= 0.6 is 11.6 Å². The topological polar surface area (TPSA) is 12.0 Å². The molecule has 1 aromatic carbocycles. The van der Waals surface area contributed by atoms with Gasteiger partial charge in [-0.3, -0.25) is 0 Å². The van der Waals surface area contributed by atoms with Crippen molar-refractivity contribution in [3.8, 4) is 0 Å². The molecule has 70 valence electrons. The molecule has 0 aromatic heterocycles. The summed E-state index contributed by atoms with van der Waals surface area (Å²) in [5.41, 5.74) is 0.778. The number of hydrogen-bond acceptors (Lipinski definition) is 1. The summed E-state index contributed by atoms with van der Waals surface area (Å²) in [6.07, 6.45) is 3.73. The van der Waals surface area contributed by atoms with Crippen LogP contribution in [0.3, 0.4) is 0 Å². The van der Waals surface area contributed by atoms with E-state index >= 15 is 0 Å². The summed E-state index contributed by atoms with van der Waals surface area (Å²) in [6.45, 7) is 0.758. The molecule has 1 aromatic rings. The van der Waals surface area contributed by atoms with E-state index in [9.17, 15) is 4.39 Å². The summed E-state index contributed by atoms with van der Waals surface area (Å²) in [6, 6.07) is 4.45. The van der Waals surface area contributed by atoms with Crippen LogP contribution < -0.4 is 5.32 Å². The quantitative estimate of drug-likeness (QED) is 0.790. The second kappa shape index (κ2) is 5.00. The van der Waals surface area contributed by atoms with Crippen molar-refractivity contribution >= 4 is 17.7 Å². The highest BCUT2D eigenvalue weighted by atomic mass is 35.5. The van der Waals surface area contributed by atoms with Crippen LogP contribution in [0, 0.1) is 5.82 Å². The van der Waals surface area contributed by atoms with Gasteiger partial charge in [-0.25, -0.2) is 4.39 Å². The summed E-state index contributed by atoms with van der Waals surface area (Å²) in [5.74, 6) is -0.309. The third-order valence-electron chi connectivity index (χ3n) is 1.52. The Kier molecular flexibility index (Phi) is 3.93. The molecule has 0 radical (unpaired) electrons. The van der Waals surface area contributed by atoms with Crippen LogP contribution in [0.5, 0.6) is 0 Å². The van der Waals surface area contributed by atoms with Gasteiger partial charge >= 0.3 is 0 Å². The molecule has 3 heteroatoms. The predicted octanol–water partition coefficient (Wildman–Crippen LogP) is 2.71. The molecule has 0 unspecified atom stereocenters. The van der Waals surface area contributed by atoms with Crippen LogP contribution in [0.1, 0.15) is 5.56 Å². The van der Waals surface area contributed by atoms with Gasteiger partial charge < -0.3 is 5.32 Å². The monoisotopic (exact) mass is 199 g/mol. The molecule has 0 bridgehead atoms. The Bertz CT molecular complexity index is 290. The molecule has 13 heavy (non-hydrogen) atoms. The average Bonchev–Trinajstić information content (AvgIpc) is 2.03. The van der Waals surface area contributed by atoms with Gasteiger partial charge in [0.05, 0.1) is 0 Å². The van der Waals surface area contributed by atoms with Crippen molar-refractivity contribution in [2.24, 2.45) is 0 Å². The molecule has 1 nitrogen and oxygen atoms in total. The van der Waals surface area contributed by atoms with Crippen LogP contribution in [-0.4, -0.2) is 13.6 Å². The van der Waals surface area contributed by atoms with Crippen LogP contribution in [0.25, 0.3) is 6.08 Å². The summed E-state index contributed by atoms with van der Waals surface area (Å²) in [4.78, 5) is 0. The van der Waals surface area contributed by atoms with E-state index in [1.54, 1.807) is 6.07 Å². The lowest BCUT2D eigenvalue weighted by atomic mass is 10.2. The zero-order chi connectivity index (χ0) is 9.68. The number of rotatable bonds is 3. The third kappa shape index (κ3) is 3.57. The van der Waals surface area contributed by atoms with Gasteiger partial charge in [-0.1, -0.05) is 23.8 Å². The van der Waals surface area contributed by atoms with E-state index in [0.29, 0.717) is 5.02 Å². The van der Waals surface area contributed by atoms with Crippen molar-refractivity contribution in [3.63, 3.8) is 0 Å². The van der Waals surface area contributed by atoms with Gasteiger partial charge in [0, 0.05) is 11.6 Å². The fourth-order valence-corrected chi connectivity index (χ4v) is 1.21. The van der Waals surface area contributed by atoms with Crippen LogP contribution in [0.2, 0.25) is 5.02 Å². The van der Waals surface area contributed by atoms with Crippen molar-refractivity contribution in [2.45, 2.75) is 0 Å². The lowest BCUT2D eigenvalue weighted by molar-refractivity contribution is 0.627. The molecule has 0 amide bonds. The molecule has 0 saturated heterocycles. The molecule has 0 atom stereocenters. The van der Waals surface area contributed by atoms with E-state index in [1.807, 2.05) is 19.2 Å². The number of likely N-dealkylation sites (N-methyl/N-ethyl adjacent to an activating group) is 1. The molecule has 0 saturated carbocycles. The van der Waals surface area contributed by atoms with E-state index in [-0.39, 0.29) is 5.82 Å². The maximum Gasteiger partial charge on any atom is 0.125 e. The van der Waals surface area contributed by atoms with Crippen LogP contribution in [-0.2, 0) is 0 Å². The zero-order valence-electron chi connectivity index (χ0n) is 7.35. The maximum atomic E-state index is 12.8. The second-order valence-electron chi connectivity index (χ2n) is 2.66. The van der Waals surface area contributed by atoms with Gasteiger partial charge in [0.15, 0.2) is 0 Å². The second-order valence-corrected chi connectivity index (χ2v) is 3.10. The fourth-order valence-electron chi connectivity index (χ4n) is 0.984. The van der Waals surface area contributed by atoms with Gasteiger partial charge in [-0.2, -0.15) is 0 Å². The molecule has 0 aliphatic carbocycles. The van der Waals surface area contributed by atoms with E-state index < -0.39 is 0 Å². The van der Waals surface area contributed by atoms with Crippen LogP contribution in [0.4, 0.5) is 4.39 Å². The maximum absolute atomic E-state index is 12.8. The largest absolute Gasteiger partial charge is 0.316 e. The SMILES string of the molecule is CNCC=Cc1cc(F)cc(Cl)c1. The van der Waals surface area contributed by atoms with E-state index in [2.05, 4.69) is 5.32 Å². The van der Waals surface area contributed by atoms with E-state index in [4.69, 9.17) is 11.6 Å². The van der Waals surface area contributed by atoms with Gasteiger partial charge in [-0.15, -0.1) is 0 Å². The molecule has 0 aliphatic heterocycles. The van der Waals surface area contributed by atoms with Crippen molar-refractivity contribution in [2.75, 3.05) is 13.6 Å². The Hall–Kier alpha value is -0.860. The van der Waals surface area contributed by atoms with Crippen molar-refractivity contribution in [1.29, 1.82) is 0 Å². The first-order valence-electron chi connectivity index (χ1n) is 3.99. The number of halogens is 2. The molecule has 0 spiro atoms. The van der Waals surface area contributed by atoms with Gasteiger partial charge in [0.1, 0.15) is 5.82 Å². The smallest absolute Gasteiger partial charge is 0.125 e. The fraction of sp³-hybridized carbons (Fsp3) is 0.200. The first-order valence-corrected chi connectivity index (χ1v) is 4.37. The molecule has 0 aliphatic rings. The molecule has 0 fully saturated rings. The van der Waals surface area contributed by atoms with Gasteiger partial charge in [-0.05, 0) is 30.8 Å². The normalized spacial score (nSPS) is 11.0. The molecule has 1 rings (SSSR count). The highest BCUT2D eigenvalue weighted by molar-refractivity contribution is 6.30. The summed E-state index contributed by atoms with van der Waals surface area (Å²) in [7, 11) is 1.85. The van der Waals surface area contributed by atoms with E-state index in [0.717, 1.165) is 12.1 Å². The highest BCUT2D eigenvalue weighted by Gasteiger charge is 1.95. The Labute approximate surface area is 82.2 Å². The third-order valence-corrected chi connectivity index (χ3v) is 1.74. The van der Waals surface area contributed by atoms with Gasteiger partial charge in [0.2, 0.25) is 0 Å². The lowest BCUT2D eigenvalue weighted by Crippen LogP contribution is -2.03. The standard InChI is InChI=1S/C10H11ClFN/c1-13-4-2-3-8-5-9(11)7-10(12)6-8/h2-3,5-7,13H,4H2,1H3. The first kappa shape index (κ1) is 10.2. The zero-order valence-corrected chi connectivity index (χ0v) is 8.11. The Morgan fingerprint density at radius 3 is 2.85 bits per heavy atom. The number of hydrogen-bond donors (Lipinski definition) is 1. The number of benzene rings is 1. The van der Waals surface area contributed by atoms with E-state index in [1.165, 1.54) is 12.1 Å². The Morgan fingerprint density at radius 2 is 2.23 bits per heavy atom. The number of nitrogens with one attached hydrogen (secondary N) is 1. The highest BCUT2D eigenvalue weighted by Crippen LogP contribution is 2.14. The van der Waals surface area contributed by atoms with Crippen molar-refractivity contribution < 1.29 is 4.39 Å². The summed E-state index contributed by atoms with van der Waals surface area (Å²) in [5, 5.41) is 3.37. The van der Waals surface area contributed by atoms with Crippen molar-refractivity contribution in [1.82, 2.24) is 5.32 Å². The Morgan fingerprint density at radius 1 is 1.46 bits per heavy atom. The average molecular weight is 200 g/mol. The lowest BCUT2D eigenvalue weighted by Gasteiger charge is -1.96. The van der Waals surface area contributed by atoms with Gasteiger partial charge in [0.25, 0.3) is 0 Å². The minimum absolute atomic E-state index is 0.309. The van der Waals surface area contributed by atoms with Crippen LogP contribution in [0.15, 0.2) is 24.3 Å². The van der Waals surface area contributed by atoms with Crippen molar-refractivity contribution in [3.05, 3.63) is 40.7 Å². The molecule has 0 heterocycles. The predicted molar refractivity (Wildman–Crippen MR) is 54.4 cm³/mol.